The third-order valence-corrected chi connectivity index (χ3v) is 10.5. The highest BCUT2D eigenvalue weighted by Crippen LogP contribution is 2.50. The fourth-order valence-electron chi connectivity index (χ4n) is 7.96. The van der Waals surface area contributed by atoms with Crippen molar-refractivity contribution >= 4 is 22.8 Å². The molecule has 52 heavy (non-hydrogen) atoms. The molecular formula is C44H43N2O6+. The van der Waals surface area contributed by atoms with E-state index in [-0.39, 0.29) is 41.5 Å². The molecule has 8 heteroatoms. The smallest absolute Gasteiger partial charge is 0.176 e. The van der Waals surface area contributed by atoms with Crippen LogP contribution in [0.3, 0.4) is 0 Å². The van der Waals surface area contributed by atoms with E-state index in [1.807, 2.05) is 48.8 Å². The molecule has 0 spiro atoms. The second-order valence-corrected chi connectivity index (χ2v) is 13.7. The van der Waals surface area contributed by atoms with Gasteiger partial charge in [-0.2, -0.15) is 0 Å². The second kappa shape index (κ2) is 15.3. The number of fused-ring (bicyclic) bond motifs is 2. The zero-order valence-corrected chi connectivity index (χ0v) is 29.3. The third kappa shape index (κ3) is 7.07. The lowest BCUT2D eigenvalue weighted by molar-refractivity contribution is -0.125. The molecule has 5 unspecified atom stereocenters. The van der Waals surface area contributed by atoms with Gasteiger partial charge in [-0.05, 0) is 76.1 Å². The number of methoxy groups -OCH3 is 2. The van der Waals surface area contributed by atoms with Crippen molar-refractivity contribution in [2.45, 2.75) is 43.6 Å². The highest BCUT2D eigenvalue weighted by atomic mass is 16.5. The van der Waals surface area contributed by atoms with Crippen LogP contribution in [0.25, 0.3) is 10.8 Å². The van der Waals surface area contributed by atoms with Crippen LogP contribution in [-0.4, -0.2) is 52.6 Å². The molecule has 0 amide bonds. The summed E-state index contributed by atoms with van der Waals surface area (Å²) in [6.45, 7) is 1.71. The molecule has 7 rings (SSSR count). The van der Waals surface area contributed by atoms with Crippen molar-refractivity contribution in [3.63, 3.8) is 0 Å². The first-order chi connectivity index (χ1) is 25.3. The first-order valence-electron chi connectivity index (χ1n) is 17.6. The molecule has 4 aromatic carbocycles. The van der Waals surface area contributed by atoms with Crippen LogP contribution in [0.15, 0.2) is 120 Å². The molecule has 1 aliphatic carbocycles. The molecule has 1 aliphatic heterocycles. The number of aromatic hydroxyl groups is 2. The van der Waals surface area contributed by atoms with Crippen molar-refractivity contribution in [2.24, 2.45) is 16.8 Å². The van der Waals surface area contributed by atoms with Crippen LogP contribution in [0.1, 0.15) is 52.5 Å². The van der Waals surface area contributed by atoms with Crippen LogP contribution in [0.2, 0.25) is 0 Å². The van der Waals surface area contributed by atoms with Crippen LogP contribution in [-0.2, 0) is 17.6 Å². The standard InChI is InChI=1S/C44H42N2O6/c1-51-42-23-27(10-14-38(42)47)20-31(21-28-16-18-45-25-28)40(49)24-41(50)37(22-29-17-19-46-26-29)34-11-12-35(43-36(34)13-15-39(48)44(43)52-2)33-9-5-7-30-6-3-4-8-32(30)33/h3-19,23,25-26,31,34-35,37,41,46,50H,20-22,24H2,1-2H3,(H-,47,48)/p+1. The second-order valence-electron chi connectivity index (χ2n) is 13.7. The largest absolute Gasteiger partial charge is 0.504 e. The summed E-state index contributed by atoms with van der Waals surface area (Å²) in [5.74, 6) is -0.546. The number of aromatic nitrogens is 1. The highest BCUT2D eigenvalue weighted by molar-refractivity contribution is 5.88. The number of carbonyl (C=O) groups excluding carboxylic acids is 1. The highest BCUT2D eigenvalue weighted by Gasteiger charge is 2.38. The maximum absolute atomic E-state index is 14.3. The molecule has 0 radical (unpaired) electrons. The number of aromatic amines is 1. The number of aliphatic hydroxyl groups is 1. The molecule has 0 bridgehead atoms. The van der Waals surface area contributed by atoms with Gasteiger partial charge in [-0.25, -0.2) is 0 Å². The van der Waals surface area contributed by atoms with E-state index in [1.54, 1.807) is 44.1 Å². The number of phenols is 2. The quantitative estimate of drug-likeness (QED) is 0.0690. The zero-order valence-electron chi connectivity index (χ0n) is 29.3. The van der Waals surface area contributed by atoms with Crippen molar-refractivity contribution < 1.29 is 29.6 Å². The first-order valence-corrected chi connectivity index (χ1v) is 17.6. The van der Waals surface area contributed by atoms with Crippen LogP contribution in [0.5, 0.6) is 23.0 Å². The minimum atomic E-state index is -0.992. The number of phenolic OH excluding ortho intramolecular Hbond substituents is 2. The Labute approximate surface area is 303 Å². The van der Waals surface area contributed by atoms with Crippen LogP contribution in [0.4, 0.5) is 0 Å². The lowest BCUT2D eigenvalue weighted by Crippen LogP contribution is -2.33. The molecule has 0 saturated carbocycles. The SMILES string of the molecule is COc1cc(CC(CC2=C[CH+]N=C2)C(=O)CC(O)C(Cc2cc[nH]c2)C2C=CC(c3cccc4ccccc34)c3c2ccc(O)c3OC)ccc1O. The number of nitrogens with one attached hydrogen (secondary N) is 1. The van der Waals surface area contributed by atoms with Gasteiger partial charge in [0.1, 0.15) is 17.9 Å². The number of nitrogens with zero attached hydrogens (tertiary/aromatic N) is 1. The van der Waals surface area contributed by atoms with Crippen molar-refractivity contribution in [2.75, 3.05) is 14.2 Å². The van der Waals surface area contributed by atoms with Gasteiger partial charge in [0.25, 0.3) is 0 Å². The number of benzene rings is 4. The molecule has 2 heterocycles. The molecule has 2 aliphatic rings. The maximum Gasteiger partial charge on any atom is 0.176 e. The number of allylic oxidation sites excluding steroid dienone is 3. The van der Waals surface area contributed by atoms with E-state index in [9.17, 15) is 20.1 Å². The first kappa shape index (κ1) is 34.7. The van der Waals surface area contributed by atoms with Crippen molar-refractivity contribution in [1.29, 1.82) is 0 Å². The van der Waals surface area contributed by atoms with Crippen molar-refractivity contribution in [3.05, 3.63) is 149 Å². The van der Waals surface area contributed by atoms with Gasteiger partial charge in [0.15, 0.2) is 29.2 Å². The summed E-state index contributed by atoms with van der Waals surface area (Å²) >= 11 is 0. The van der Waals surface area contributed by atoms with Gasteiger partial charge in [-0.3, -0.25) is 4.79 Å². The number of ketones is 1. The predicted octanol–water partition coefficient (Wildman–Crippen LogP) is 7.98. The Morgan fingerprint density at radius 2 is 1.71 bits per heavy atom. The summed E-state index contributed by atoms with van der Waals surface area (Å²) < 4.78 is 11.2. The van der Waals surface area contributed by atoms with Gasteiger partial charge in [0.05, 0.1) is 26.4 Å². The lowest BCUT2D eigenvalue weighted by atomic mass is 9.69. The molecule has 0 saturated heterocycles. The number of hydrogen-bond acceptors (Lipinski definition) is 7. The van der Waals surface area contributed by atoms with Crippen molar-refractivity contribution in [1.82, 2.24) is 4.98 Å². The fourth-order valence-corrected chi connectivity index (χ4v) is 7.96. The summed E-state index contributed by atoms with van der Waals surface area (Å²) in [7, 11) is 3.07. The average Bonchev–Trinajstić information content (AvgIpc) is 3.89. The predicted molar refractivity (Wildman–Crippen MR) is 203 cm³/mol. The lowest BCUT2D eigenvalue weighted by Gasteiger charge is -2.36. The molecule has 0 fully saturated rings. The third-order valence-electron chi connectivity index (χ3n) is 10.5. The Hall–Kier alpha value is -5.73. The van der Waals surface area contributed by atoms with E-state index in [2.05, 4.69) is 46.4 Å². The van der Waals surface area contributed by atoms with Gasteiger partial charge in [0, 0.05) is 48.6 Å². The summed E-state index contributed by atoms with van der Waals surface area (Å²) in [5.41, 5.74) is 5.69. The van der Waals surface area contributed by atoms with Gasteiger partial charge in [0.2, 0.25) is 0 Å². The number of Topliss-reactive ketones (excluding diaryl/α,β-unsaturated/α-hetero) is 1. The fraction of sp³-hybridized carbons (Fsp3) is 0.250. The van der Waals surface area contributed by atoms with E-state index < -0.39 is 12.0 Å². The Morgan fingerprint density at radius 1 is 0.885 bits per heavy atom. The molecule has 1 aromatic heterocycles. The number of carbonyl (C=O) groups is 1. The number of H-pyrrole nitrogens is 1. The molecule has 8 nitrogen and oxygen atoms in total. The van der Waals surface area contributed by atoms with E-state index >= 15 is 0 Å². The van der Waals surface area contributed by atoms with Crippen molar-refractivity contribution in [3.8, 4) is 23.0 Å². The maximum atomic E-state index is 14.3. The van der Waals surface area contributed by atoms with Gasteiger partial charge in [-0.15, -0.1) is 4.99 Å². The molecule has 4 N–H and O–H groups in total. The zero-order chi connectivity index (χ0) is 36.2. The van der Waals surface area contributed by atoms with Crippen LogP contribution in [0, 0.1) is 18.4 Å². The number of aliphatic hydroxyl groups excluding tert-OH is 1. The van der Waals surface area contributed by atoms with E-state index in [4.69, 9.17) is 9.47 Å². The van der Waals surface area contributed by atoms with E-state index in [0.29, 0.717) is 30.8 Å². The number of hydrogen-bond donors (Lipinski definition) is 4. The topological polar surface area (TPSA) is 124 Å². The Balaban J connectivity index is 1.24. The Morgan fingerprint density at radius 3 is 2.48 bits per heavy atom. The Kier molecular flexibility index (Phi) is 10.2. The van der Waals surface area contributed by atoms with E-state index in [1.165, 1.54) is 7.11 Å². The van der Waals surface area contributed by atoms with Gasteiger partial charge in [-0.1, -0.05) is 66.7 Å². The molecule has 264 valence electrons. The monoisotopic (exact) mass is 695 g/mol. The minimum absolute atomic E-state index is 0.0332. The summed E-state index contributed by atoms with van der Waals surface area (Å²) in [6.07, 6.45) is 12.1. The molecular weight excluding hydrogens is 652 g/mol. The van der Waals surface area contributed by atoms with Crippen LogP contribution >= 0.6 is 0 Å². The average molecular weight is 696 g/mol. The van der Waals surface area contributed by atoms with E-state index in [0.717, 1.165) is 44.2 Å². The minimum Gasteiger partial charge on any atom is -0.504 e. The number of ether oxygens (including phenoxy) is 2. The summed E-state index contributed by atoms with van der Waals surface area (Å²) in [6, 6.07) is 25.2. The number of aliphatic imine (C=N–C) groups is 1. The summed E-state index contributed by atoms with van der Waals surface area (Å²) in [5, 5.41) is 35.7. The number of rotatable bonds is 14. The summed E-state index contributed by atoms with van der Waals surface area (Å²) in [4.78, 5) is 21.7. The van der Waals surface area contributed by atoms with Gasteiger partial charge < -0.3 is 29.8 Å². The molecule has 5 aromatic rings. The molecule has 5 atom stereocenters. The van der Waals surface area contributed by atoms with Gasteiger partial charge >= 0.3 is 0 Å². The Bertz CT molecular complexity index is 2140. The normalized spacial score (nSPS) is 17.9. The van der Waals surface area contributed by atoms with Crippen LogP contribution < -0.4 is 9.47 Å².